The first-order valence-corrected chi connectivity index (χ1v) is 7.36. The second-order valence-corrected chi connectivity index (χ2v) is 5.72. The van der Waals surface area contributed by atoms with Gasteiger partial charge in [0.05, 0.1) is 6.61 Å². The molecule has 2 aliphatic heterocycles. The SMILES string of the molecule is CC1CCCCCN1C(CN)C1CCCOC1. The summed E-state index contributed by atoms with van der Waals surface area (Å²) in [5.41, 5.74) is 6.05. The van der Waals surface area contributed by atoms with E-state index in [2.05, 4.69) is 11.8 Å². The molecule has 17 heavy (non-hydrogen) atoms. The largest absolute Gasteiger partial charge is 0.381 e. The molecule has 0 saturated carbocycles. The van der Waals surface area contributed by atoms with Crippen molar-refractivity contribution in [3.63, 3.8) is 0 Å². The van der Waals surface area contributed by atoms with Crippen LogP contribution in [0.5, 0.6) is 0 Å². The summed E-state index contributed by atoms with van der Waals surface area (Å²) in [6, 6.07) is 1.25. The molecule has 2 rings (SSSR count). The maximum Gasteiger partial charge on any atom is 0.0509 e. The quantitative estimate of drug-likeness (QED) is 0.820. The van der Waals surface area contributed by atoms with Crippen LogP contribution in [0.1, 0.15) is 45.4 Å². The molecule has 2 heterocycles. The number of rotatable bonds is 3. The van der Waals surface area contributed by atoms with Gasteiger partial charge >= 0.3 is 0 Å². The van der Waals surface area contributed by atoms with E-state index in [1.807, 2.05) is 0 Å². The number of hydrogen-bond donors (Lipinski definition) is 1. The first-order chi connectivity index (χ1) is 8.33. The molecule has 3 nitrogen and oxygen atoms in total. The minimum absolute atomic E-state index is 0.545. The van der Waals surface area contributed by atoms with Crippen LogP contribution in [-0.2, 0) is 4.74 Å². The summed E-state index contributed by atoms with van der Waals surface area (Å²) in [6.45, 7) is 6.27. The van der Waals surface area contributed by atoms with Crippen LogP contribution < -0.4 is 5.73 Å². The Morgan fingerprint density at radius 1 is 1.24 bits per heavy atom. The molecule has 0 amide bonds. The fourth-order valence-corrected chi connectivity index (χ4v) is 3.46. The maximum absolute atomic E-state index is 6.05. The highest BCUT2D eigenvalue weighted by Gasteiger charge is 2.31. The van der Waals surface area contributed by atoms with Crippen LogP contribution in [0.3, 0.4) is 0 Å². The van der Waals surface area contributed by atoms with Crippen molar-refractivity contribution < 1.29 is 4.74 Å². The van der Waals surface area contributed by atoms with Gasteiger partial charge in [0.15, 0.2) is 0 Å². The van der Waals surface area contributed by atoms with Crippen LogP contribution in [0.15, 0.2) is 0 Å². The van der Waals surface area contributed by atoms with E-state index >= 15 is 0 Å². The molecule has 0 aromatic rings. The standard InChI is InChI=1S/C14H28N2O/c1-12-6-3-2-4-8-16(12)14(10-15)13-7-5-9-17-11-13/h12-14H,2-11,15H2,1H3. The van der Waals surface area contributed by atoms with Gasteiger partial charge < -0.3 is 10.5 Å². The molecular weight excluding hydrogens is 212 g/mol. The minimum Gasteiger partial charge on any atom is -0.381 e. The molecule has 0 aromatic heterocycles. The maximum atomic E-state index is 6.05. The first kappa shape index (κ1) is 13.3. The molecule has 3 heteroatoms. The summed E-state index contributed by atoms with van der Waals surface area (Å²) in [4.78, 5) is 2.67. The van der Waals surface area contributed by atoms with Crippen molar-refractivity contribution in [3.05, 3.63) is 0 Å². The van der Waals surface area contributed by atoms with Crippen molar-refractivity contribution in [2.75, 3.05) is 26.3 Å². The fraction of sp³-hybridized carbons (Fsp3) is 1.00. The van der Waals surface area contributed by atoms with Crippen molar-refractivity contribution in [3.8, 4) is 0 Å². The minimum atomic E-state index is 0.545. The van der Waals surface area contributed by atoms with E-state index in [-0.39, 0.29) is 0 Å². The second kappa shape index (κ2) is 6.72. The van der Waals surface area contributed by atoms with Gasteiger partial charge in [0.25, 0.3) is 0 Å². The molecule has 3 unspecified atom stereocenters. The Kier molecular flexibility index (Phi) is 5.26. The van der Waals surface area contributed by atoms with E-state index in [1.54, 1.807) is 0 Å². The molecule has 100 valence electrons. The Hall–Kier alpha value is -0.120. The van der Waals surface area contributed by atoms with E-state index in [1.165, 1.54) is 45.1 Å². The third kappa shape index (κ3) is 3.43. The van der Waals surface area contributed by atoms with Crippen molar-refractivity contribution in [1.82, 2.24) is 4.90 Å². The Bertz CT molecular complexity index is 216. The molecule has 2 N–H and O–H groups in total. The van der Waals surface area contributed by atoms with Gasteiger partial charge in [0.1, 0.15) is 0 Å². The summed E-state index contributed by atoms with van der Waals surface area (Å²) in [5, 5.41) is 0. The number of hydrogen-bond acceptors (Lipinski definition) is 3. The lowest BCUT2D eigenvalue weighted by molar-refractivity contribution is 0.00171. The van der Waals surface area contributed by atoms with E-state index in [0.29, 0.717) is 18.0 Å². The summed E-state index contributed by atoms with van der Waals surface area (Å²) in [5.74, 6) is 0.661. The zero-order valence-electron chi connectivity index (χ0n) is 11.2. The van der Waals surface area contributed by atoms with Crippen LogP contribution in [0.25, 0.3) is 0 Å². The van der Waals surface area contributed by atoms with E-state index in [9.17, 15) is 0 Å². The third-order valence-electron chi connectivity index (χ3n) is 4.51. The van der Waals surface area contributed by atoms with Crippen molar-refractivity contribution in [2.45, 2.75) is 57.5 Å². The van der Waals surface area contributed by atoms with Crippen molar-refractivity contribution >= 4 is 0 Å². The van der Waals surface area contributed by atoms with Gasteiger partial charge in [-0.15, -0.1) is 0 Å². The van der Waals surface area contributed by atoms with Gasteiger partial charge in [-0.1, -0.05) is 12.8 Å². The van der Waals surface area contributed by atoms with E-state index < -0.39 is 0 Å². The van der Waals surface area contributed by atoms with Crippen LogP contribution in [-0.4, -0.2) is 43.3 Å². The highest BCUT2D eigenvalue weighted by atomic mass is 16.5. The lowest BCUT2D eigenvalue weighted by atomic mass is 9.91. The van der Waals surface area contributed by atoms with Crippen LogP contribution in [0.2, 0.25) is 0 Å². The highest BCUT2D eigenvalue weighted by molar-refractivity contribution is 4.86. The number of likely N-dealkylation sites (tertiary alicyclic amines) is 1. The topological polar surface area (TPSA) is 38.5 Å². The molecule has 2 fully saturated rings. The van der Waals surface area contributed by atoms with Gasteiger partial charge in [0, 0.05) is 25.2 Å². The van der Waals surface area contributed by atoms with E-state index in [4.69, 9.17) is 10.5 Å². The molecule has 0 spiro atoms. The molecule has 0 bridgehead atoms. The van der Waals surface area contributed by atoms with Gasteiger partial charge in [-0.2, -0.15) is 0 Å². The van der Waals surface area contributed by atoms with Crippen LogP contribution in [0, 0.1) is 5.92 Å². The van der Waals surface area contributed by atoms with Gasteiger partial charge in [0.2, 0.25) is 0 Å². The molecule has 3 atom stereocenters. The first-order valence-electron chi connectivity index (χ1n) is 7.36. The Balaban J connectivity index is 1.98. The van der Waals surface area contributed by atoms with Gasteiger partial charge in [-0.05, 0) is 45.1 Å². The lowest BCUT2D eigenvalue weighted by Crippen LogP contribution is -2.51. The second-order valence-electron chi connectivity index (χ2n) is 5.72. The zero-order valence-corrected chi connectivity index (χ0v) is 11.2. The number of nitrogens with two attached hydrogens (primary N) is 1. The summed E-state index contributed by atoms with van der Waals surface area (Å²) >= 11 is 0. The summed E-state index contributed by atoms with van der Waals surface area (Å²) < 4.78 is 5.64. The molecule has 2 aliphatic rings. The molecule has 2 saturated heterocycles. The number of nitrogens with zero attached hydrogens (tertiary/aromatic N) is 1. The smallest absolute Gasteiger partial charge is 0.0509 e. The van der Waals surface area contributed by atoms with Crippen LogP contribution >= 0.6 is 0 Å². The average Bonchev–Trinajstić information content (AvgIpc) is 2.58. The monoisotopic (exact) mass is 240 g/mol. The lowest BCUT2D eigenvalue weighted by Gasteiger charge is -2.40. The van der Waals surface area contributed by atoms with E-state index in [0.717, 1.165) is 19.8 Å². The molecule has 0 aromatic carbocycles. The fourth-order valence-electron chi connectivity index (χ4n) is 3.46. The predicted octanol–water partition coefficient (Wildman–Crippen LogP) is 2.00. The Morgan fingerprint density at radius 2 is 2.12 bits per heavy atom. The predicted molar refractivity (Wildman–Crippen MR) is 71.0 cm³/mol. The zero-order chi connectivity index (χ0) is 12.1. The van der Waals surface area contributed by atoms with Gasteiger partial charge in [-0.25, -0.2) is 0 Å². The Labute approximate surface area is 106 Å². The third-order valence-corrected chi connectivity index (χ3v) is 4.51. The summed E-state index contributed by atoms with van der Waals surface area (Å²) in [6.07, 6.45) is 7.96. The van der Waals surface area contributed by atoms with Crippen molar-refractivity contribution in [1.29, 1.82) is 0 Å². The Morgan fingerprint density at radius 3 is 2.82 bits per heavy atom. The molecule has 0 aliphatic carbocycles. The number of ether oxygens (including phenoxy) is 1. The highest BCUT2D eigenvalue weighted by Crippen LogP contribution is 2.26. The van der Waals surface area contributed by atoms with Crippen LogP contribution in [0.4, 0.5) is 0 Å². The summed E-state index contributed by atoms with van der Waals surface area (Å²) in [7, 11) is 0. The molecular formula is C14H28N2O. The average molecular weight is 240 g/mol. The normalized spacial score (nSPS) is 34.2. The van der Waals surface area contributed by atoms with Gasteiger partial charge in [-0.3, -0.25) is 4.90 Å². The molecule has 0 radical (unpaired) electrons. The van der Waals surface area contributed by atoms with Crippen molar-refractivity contribution in [2.24, 2.45) is 11.7 Å².